The van der Waals surface area contributed by atoms with Crippen LogP contribution in [0.25, 0.3) is 10.9 Å². The van der Waals surface area contributed by atoms with E-state index in [-0.39, 0.29) is 29.2 Å². The molecular formula is C28H37N5O5S. The number of likely N-dealkylation sites (tertiary alicyclic amines) is 1. The highest BCUT2D eigenvalue weighted by Crippen LogP contribution is 2.65. The van der Waals surface area contributed by atoms with Crippen LogP contribution in [0.5, 0.6) is 0 Å². The summed E-state index contributed by atoms with van der Waals surface area (Å²) in [6, 6.07) is 6.56. The van der Waals surface area contributed by atoms with Gasteiger partial charge in [0.15, 0.2) is 0 Å². The van der Waals surface area contributed by atoms with Crippen LogP contribution in [0, 0.1) is 40.9 Å². The highest BCUT2D eigenvalue weighted by Gasteiger charge is 2.69. The summed E-state index contributed by atoms with van der Waals surface area (Å²) in [6.45, 7) is 11.6. The predicted molar refractivity (Wildman–Crippen MR) is 148 cm³/mol. The summed E-state index contributed by atoms with van der Waals surface area (Å²) in [6.07, 6.45) is 1.00. The molecule has 4 rings (SSSR count). The fourth-order valence-electron chi connectivity index (χ4n) is 5.92. The molecule has 10 nitrogen and oxygen atoms in total. The number of amides is 2. The molecule has 1 aliphatic carbocycles. The number of pyridine rings is 1. The van der Waals surface area contributed by atoms with Crippen molar-refractivity contribution in [1.29, 1.82) is 5.26 Å². The lowest BCUT2D eigenvalue weighted by Crippen LogP contribution is -2.59. The Balaban J connectivity index is 1.58. The number of nitrogens with one attached hydrogen (secondary N) is 3. The summed E-state index contributed by atoms with van der Waals surface area (Å²) in [5.74, 6) is -0.978. The van der Waals surface area contributed by atoms with Gasteiger partial charge in [-0.2, -0.15) is 5.26 Å². The van der Waals surface area contributed by atoms with Crippen molar-refractivity contribution in [3.63, 3.8) is 0 Å². The first-order valence-corrected chi connectivity index (χ1v) is 14.9. The molecule has 39 heavy (non-hydrogen) atoms. The standard InChI is InChI=1S/C28H37N5O5S/c1-15-8-9-20-16(10-15)11-17(24(34)31-20)12-18(13-29)30-25(35)22-21-19(28(21,5)6)14-33(22)26(36)23(27(2,3)4)32-39(7,37)38/h8-11,18-19,21-23,32H,12,14H2,1-7H3,(H,30,35)(H,31,34)/t18-,19+,21-,22+,23-/m1/s1. The zero-order valence-electron chi connectivity index (χ0n) is 23.5. The number of carbonyl (C=O) groups is 2. The number of benzene rings is 1. The minimum atomic E-state index is -3.70. The van der Waals surface area contributed by atoms with Crippen LogP contribution in [0.1, 0.15) is 45.7 Å². The largest absolute Gasteiger partial charge is 0.338 e. The van der Waals surface area contributed by atoms with Gasteiger partial charge < -0.3 is 15.2 Å². The lowest BCUT2D eigenvalue weighted by molar-refractivity contribution is -0.143. The molecular weight excluding hydrogens is 518 g/mol. The van der Waals surface area contributed by atoms with E-state index in [2.05, 4.69) is 21.1 Å². The van der Waals surface area contributed by atoms with Gasteiger partial charge in [0.1, 0.15) is 18.1 Å². The number of fused-ring (bicyclic) bond motifs is 2. The molecule has 0 radical (unpaired) electrons. The van der Waals surface area contributed by atoms with Crippen molar-refractivity contribution >= 4 is 32.7 Å². The van der Waals surface area contributed by atoms with Gasteiger partial charge in [0.25, 0.3) is 5.56 Å². The number of nitrogens with zero attached hydrogens (tertiary/aromatic N) is 2. The van der Waals surface area contributed by atoms with E-state index in [4.69, 9.17) is 0 Å². The zero-order chi connectivity index (χ0) is 29.1. The predicted octanol–water partition coefficient (Wildman–Crippen LogP) is 1.83. The molecule has 1 saturated carbocycles. The molecule has 0 spiro atoms. The summed E-state index contributed by atoms with van der Waals surface area (Å²) >= 11 is 0. The average molecular weight is 556 g/mol. The van der Waals surface area contributed by atoms with Gasteiger partial charge in [-0.1, -0.05) is 46.2 Å². The number of carbonyl (C=O) groups excluding carboxylic acids is 2. The minimum absolute atomic E-state index is 0.000139. The third-order valence-electron chi connectivity index (χ3n) is 8.18. The Morgan fingerprint density at radius 3 is 2.51 bits per heavy atom. The lowest BCUT2D eigenvalue weighted by Gasteiger charge is -2.37. The van der Waals surface area contributed by atoms with Gasteiger partial charge in [0.2, 0.25) is 21.8 Å². The zero-order valence-corrected chi connectivity index (χ0v) is 24.3. The maximum absolute atomic E-state index is 13.7. The molecule has 0 bridgehead atoms. The maximum atomic E-state index is 13.7. The van der Waals surface area contributed by atoms with Crippen molar-refractivity contribution in [2.75, 3.05) is 12.8 Å². The van der Waals surface area contributed by atoms with Crippen molar-refractivity contribution in [3.05, 3.63) is 45.7 Å². The summed E-state index contributed by atoms with van der Waals surface area (Å²) in [7, 11) is -3.70. The second-order valence-electron chi connectivity index (χ2n) is 12.7. The summed E-state index contributed by atoms with van der Waals surface area (Å²) in [5.41, 5.74) is 0.835. The first kappa shape index (κ1) is 28.8. The molecule has 5 atom stereocenters. The Kier molecular flexibility index (Phi) is 7.19. The number of piperidine rings is 1. The minimum Gasteiger partial charge on any atom is -0.338 e. The molecule has 0 unspecified atom stereocenters. The van der Waals surface area contributed by atoms with Crippen LogP contribution in [0.15, 0.2) is 29.1 Å². The molecule has 3 N–H and O–H groups in total. The second-order valence-corrected chi connectivity index (χ2v) is 14.5. The number of H-pyrrole nitrogens is 1. The molecule has 2 fully saturated rings. The lowest BCUT2D eigenvalue weighted by atomic mass is 9.86. The number of hydrogen-bond donors (Lipinski definition) is 3. The van der Waals surface area contributed by atoms with Crippen molar-refractivity contribution in [3.8, 4) is 6.07 Å². The molecule has 210 valence electrons. The topological polar surface area (TPSA) is 152 Å². The van der Waals surface area contributed by atoms with E-state index in [1.807, 2.05) is 39.0 Å². The Hall–Kier alpha value is -3.23. The molecule has 1 aromatic heterocycles. The van der Waals surface area contributed by atoms with E-state index in [0.717, 1.165) is 17.2 Å². The van der Waals surface area contributed by atoms with Gasteiger partial charge in [-0.05, 0) is 53.2 Å². The van der Waals surface area contributed by atoms with Crippen LogP contribution in [-0.4, -0.2) is 61.0 Å². The van der Waals surface area contributed by atoms with Gasteiger partial charge >= 0.3 is 0 Å². The monoisotopic (exact) mass is 555 g/mol. The van der Waals surface area contributed by atoms with Crippen LogP contribution in [0.2, 0.25) is 0 Å². The number of sulfonamides is 1. The van der Waals surface area contributed by atoms with Crippen molar-refractivity contribution in [2.45, 2.75) is 66.1 Å². The van der Waals surface area contributed by atoms with E-state index < -0.39 is 45.4 Å². The summed E-state index contributed by atoms with van der Waals surface area (Å²) in [5, 5.41) is 13.5. The molecule has 2 amide bonds. The second kappa shape index (κ2) is 9.75. The van der Waals surface area contributed by atoms with Crippen molar-refractivity contribution < 1.29 is 18.0 Å². The molecule has 1 saturated heterocycles. The Bertz CT molecular complexity index is 1530. The van der Waals surface area contributed by atoms with Crippen LogP contribution in [0.4, 0.5) is 0 Å². The number of nitriles is 1. The first-order valence-electron chi connectivity index (χ1n) is 13.0. The van der Waals surface area contributed by atoms with Gasteiger partial charge in [-0.25, -0.2) is 13.1 Å². The molecule has 1 aromatic carbocycles. The highest BCUT2D eigenvalue weighted by atomic mass is 32.2. The fourth-order valence-corrected chi connectivity index (χ4v) is 6.80. The van der Waals surface area contributed by atoms with Crippen LogP contribution >= 0.6 is 0 Å². The number of aromatic amines is 1. The van der Waals surface area contributed by atoms with Crippen molar-refractivity contribution in [1.82, 2.24) is 19.9 Å². The van der Waals surface area contributed by atoms with Crippen LogP contribution in [0.3, 0.4) is 0 Å². The fraction of sp³-hybridized carbons (Fsp3) is 0.571. The third-order valence-corrected chi connectivity index (χ3v) is 8.84. The maximum Gasteiger partial charge on any atom is 0.251 e. The van der Waals surface area contributed by atoms with Crippen molar-refractivity contribution in [2.24, 2.45) is 22.7 Å². The molecule has 2 aliphatic rings. The van der Waals surface area contributed by atoms with Gasteiger partial charge in [-0.15, -0.1) is 0 Å². The SMILES string of the molecule is Cc1ccc2[nH]c(=O)c(C[C@H](C#N)NC(=O)[C@@H]3[C@H]4[C@H](CN3C(=O)[C@@H](NS(C)(=O)=O)C(C)(C)C)C4(C)C)cc2c1. The third kappa shape index (κ3) is 5.72. The van der Waals surface area contributed by atoms with Gasteiger partial charge in [-0.3, -0.25) is 14.4 Å². The normalized spacial score (nSPS) is 23.5. The van der Waals surface area contributed by atoms with E-state index in [1.165, 1.54) is 4.90 Å². The summed E-state index contributed by atoms with van der Waals surface area (Å²) in [4.78, 5) is 44.4. The highest BCUT2D eigenvalue weighted by molar-refractivity contribution is 7.88. The first-order chi connectivity index (χ1) is 17.9. The average Bonchev–Trinajstić information content (AvgIpc) is 3.14. The van der Waals surface area contributed by atoms with Gasteiger partial charge in [0, 0.05) is 24.0 Å². The smallest absolute Gasteiger partial charge is 0.251 e. The van der Waals surface area contributed by atoms with Crippen LogP contribution in [-0.2, 0) is 26.0 Å². The Morgan fingerprint density at radius 2 is 1.92 bits per heavy atom. The number of rotatable bonds is 7. The quantitative estimate of drug-likeness (QED) is 0.474. The molecule has 2 heterocycles. The Labute approximate surface area is 229 Å². The number of aromatic nitrogens is 1. The van der Waals surface area contributed by atoms with Crippen LogP contribution < -0.4 is 15.6 Å². The number of hydrogen-bond acceptors (Lipinski definition) is 6. The number of aryl methyl sites for hydroxylation is 1. The Morgan fingerprint density at radius 1 is 1.26 bits per heavy atom. The van der Waals surface area contributed by atoms with E-state index in [1.54, 1.807) is 26.8 Å². The molecule has 1 aliphatic heterocycles. The van der Waals surface area contributed by atoms with E-state index in [0.29, 0.717) is 17.6 Å². The van der Waals surface area contributed by atoms with Gasteiger partial charge in [0.05, 0.1) is 12.3 Å². The molecule has 2 aromatic rings. The van der Waals surface area contributed by atoms with E-state index >= 15 is 0 Å². The van der Waals surface area contributed by atoms with E-state index in [9.17, 15) is 28.1 Å². The summed E-state index contributed by atoms with van der Waals surface area (Å²) < 4.78 is 26.6. The molecule has 11 heteroatoms.